The highest BCUT2D eigenvalue weighted by molar-refractivity contribution is 6.04. The van der Waals surface area contributed by atoms with Crippen molar-refractivity contribution in [2.75, 3.05) is 6.61 Å². The van der Waals surface area contributed by atoms with Gasteiger partial charge in [0, 0.05) is 36.5 Å². The Bertz CT molecular complexity index is 880. The van der Waals surface area contributed by atoms with Gasteiger partial charge in [0.25, 0.3) is 0 Å². The summed E-state index contributed by atoms with van der Waals surface area (Å²) in [7, 11) is 0. The molecule has 0 aliphatic carbocycles. The van der Waals surface area contributed by atoms with Crippen LogP contribution in [0.1, 0.15) is 68.6 Å². The van der Waals surface area contributed by atoms with Crippen LogP contribution >= 0.6 is 0 Å². The van der Waals surface area contributed by atoms with Crippen molar-refractivity contribution in [3.63, 3.8) is 0 Å². The Morgan fingerprint density at radius 1 is 1.12 bits per heavy atom. The molecule has 0 unspecified atom stereocenters. The van der Waals surface area contributed by atoms with Gasteiger partial charge >= 0.3 is 11.9 Å². The predicted octanol–water partition coefficient (Wildman–Crippen LogP) is 4.02. The predicted molar refractivity (Wildman–Crippen MR) is 118 cm³/mol. The summed E-state index contributed by atoms with van der Waals surface area (Å²) in [5.41, 5.74) is 1.32. The fourth-order valence-electron chi connectivity index (χ4n) is 3.95. The third-order valence-corrected chi connectivity index (χ3v) is 5.79. The summed E-state index contributed by atoms with van der Waals surface area (Å²) in [6.07, 6.45) is 5.07. The largest absolute Gasteiger partial charge is 0.481 e. The summed E-state index contributed by atoms with van der Waals surface area (Å²) >= 11 is 0. The SMILES string of the molecule is C[C@@H]1O[C@@H](OCCCCCCCCC(=O)O)[C@H](O)C[C@H]1OC(=O)c1c[nH]c2ccccc12. The first-order chi connectivity index (χ1) is 15.5. The first-order valence-corrected chi connectivity index (χ1v) is 11.4. The van der Waals surface area contributed by atoms with Crippen LogP contribution in [0.3, 0.4) is 0 Å². The van der Waals surface area contributed by atoms with E-state index in [1.54, 1.807) is 6.20 Å². The van der Waals surface area contributed by atoms with Crippen LogP contribution in [0.4, 0.5) is 0 Å². The number of aliphatic hydroxyl groups is 1. The number of aliphatic carboxylic acids is 1. The first-order valence-electron chi connectivity index (χ1n) is 11.4. The maximum absolute atomic E-state index is 12.7. The number of aromatic nitrogens is 1. The quantitative estimate of drug-likeness (QED) is 0.332. The molecule has 2 aromatic rings. The third-order valence-electron chi connectivity index (χ3n) is 5.79. The Balaban J connectivity index is 1.36. The Kier molecular flexibility index (Phi) is 9.08. The van der Waals surface area contributed by atoms with Crippen LogP contribution in [0, 0.1) is 0 Å². The highest BCUT2D eigenvalue weighted by atomic mass is 16.7. The zero-order valence-electron chi connectivity index (χ0n) is 18.5. The van der Waals surface area contributed by atoms with Gasteiger partial charge in [-0.25, -0.2) is 4.79 Å². The minimum Gasteiger partial charge on any atom is -0.481 e. The number of hydrogen-bond acceptors (Lipinski definition) is 6. The van der Waals surface area contributed by atoms with Crippen LogP contribution in [0.2, 0.25) is 0 Å². The number of para-hydroxylation sites is 1. The Hall–Kier alpha value is -2.42. The van der Waals surface area contributed by atoms with Crippen molar-refractivity contribution in [3.8, 4) is 0 Å². The summed E-state index contributed by atoms with van der Waals surface area (Å²) in [5, 5.41) is 19.8. The second kappa shape index (κ2) is 12.0. The molecule has 0 saturated carbocycles. The lowest BCUT2D eigenvalue weighted by molar-refractivity contribution is -0.260. The second-order valence-corrected chi connectivity index (χ2v) is 8.34. The molecule has 1 aliphatic heterocycles. The first kappa shape index (κ1) is 24.2. The number of carboxylic acid groups (broad SMARTS) is 1. The van der Waals surface area contributed by atoms with Gasteiger partial charge in [-0.15, -0.1) is 0 Å². The van der Waals surface area contributed by atoms with Crippen LogP contribution in [0.5, 0.6) is 0 Å². The average molecular weight is 448 g/mol. The number of aromatic amines is 1. The number of hydrogen-bond donors (Lipinski definition) is 3. The lowest BCUT2D eigenvalue weighted by Gasteiger charge is -2.37. The van der Waals surface area contributed by atoms with Gasteiger partial charge in [-0.2, -0.15) is 0 Å². The number of aliphatic hydroxyl groups excluding tert-OH is 1. The van der Waals surface area contributed by atoms with E-state index in [1.807, 2.05) is 31.2 Å². The fraction of sp³-hybridized carbons (Fsp3) is 0.583. The fourth-order valence-corrected chi connectivity index (χ4v) is 3.95. The maximum Gasteiger partial charge on any atom is 0.340 e. The number of unbranched alkanes of at least 4 members (excludes halogenated alkanes) is 5. The van der Waals surface area contributed by atoms with Gasteiger partial charge in [-0.3, -0.25) is 4.79 Å². The van der Waals surface area contributed by atoms with E-state index in [0.717, 1.165) is 49.4 Å². The van der Waals surface area contributed by atoms with Crippen molar-refractivity contribution in [2.45, 2.75) is 82.9 Å². The number of benzene rings is 1. The molecule has 1 saturated heterocycles. The zero-order valence-corrected chi connectivity index (χ0v) is 18.5. The number of ether oxygens (including phenoxy) is 3. The summed E-state index contributed by atoms with van der Waals surface area (Å²) < 4.78 is 17.1. The molecule has 0 spiro atoms. The molecular weight excluding hydrogens is 414 g/mol. The molecular formula is C24H33NO7. The number of fused-ring (bicyclic) bond motifs is 1. The van der Waals surface area contributed by atoms with Crippen molar-refractivity contribution in [1.29, 1.82) is 0 Å². The normalized spacial score (nSPS) is 23.3. The topological polar surface area (TPSA) is 118 Å². The zero-order chi connectivity index (χ0) is 22.9. The van der Waals surface area contributed by atoms with Crippen molar-refractivity contribution in [1.82, 2.24) is 4.98 Å². The Labute approximate surface area is 187 Å². The minimum absolute atomic E-state index is 0.232. The molecule has 1 fully saturated rings. The van der Waals surface area contributed by atoms with Gasteiger partial charge < -0.3 is 29.4 Å². The van der Waals surface area contributed by atoms with Crippen LogP contribution in [-0.2, 0) is 19.0 Å². The monoisotopic (exact) mass is 447 g/mol. The smallest absolute Gasteiger partial charge is 0.340 e. The Morgan fingerprint density at radius 3 is 2.62 bits per heavy atom. The van der Waals surface area contributed by atoms with Crippen LogP contribution in [-0.4, -0.2) is 58.3 Å². The van der Waals surface area contributed by atoms with Crippen molar-refractivity contribution < 1.29 is 34.0 Å². The van der Waals surface area contributed by atoms with E-state index in [-0.39, 0.29) is 12.8 Å². The minimum atomic E-state index is -0.872. The van der Waals surface area contributed by atoms with Gasteiger partial charge in [-0.1, -0.05) is 43.9 Å². The van der Waals surface area contributed by atoms with Gasteiger partial charge in [0.15, 0.2) is 6.29 Å². The van der Waals surface area contributed by atoms with Gasteiger partial charge in [-0.05, 0) is 25.8 Å². The Morgan fingerprint density at radius 2 is 1.84 bits per heavy atom. The number of carbonyl (C=O) groups is 2. The van der Waals surface area contributed by atoms with E-state index < -0.39 is 36.5 Å². The molecule has 3 rings (SSSR count). The van der Waals surface area contributed by atoms with Crippen LogP contribution in [0.15, 0.2) is 30.5 Å². The molecule has 176 valence electrons. The molecule has 1 aromatic carbocycles. The molecule has 8 nitrogen and oxygen atoms in total. The summed E-state index contributed by atoms with van der Waals surface area (Å²) in [6, 6.07) is 7.51. The molecule has 1 aromatic heterocycles. The van der Waals surface area contributed by atoms with Crippen molar-refractivity contribution >= 4 is 22.8 Å². The average Bonchev–Trinajstić information content (AvgIpc) is 3.19. The number of esters is 1. The molecule has 0 bridgehead atoms. The molecule has 1 aliphatic rings. The van der Waals surface area contributed by atoms with Crippen molar-refractivity contribution in [2.24, 2.45) is 0 Å². The van der Waals surface area contributed by atoms with Gasteiger partial charge in [0.05, 0.1) is 11.7 Å². The summed E-state index contributed by atoms with van der Waals surface area (Å²) in [6.45, 7) is 2.29. The molecule has 8 heteroatoms. The van der Waals surface area contributed by atoms with E-state index in [0.29, 0.717) is 12.2 Å². The third kappa shape index (κ3) is 6.79. The highest BCUT2D eigenvalue weighted by Gasteiger charge is 2.38. The van der Waals surface area contributed by atoms with Gasteiger partial charge in [0.2, 0.25) is 0 Å². The van der Waals surface area contributed by atoms with E-state index in [9.17, 15) is 14.7 Å². The summed E-state index contributed by atoms with van der Waals surface area (Å²) in [5.74, 6) is -1.19. The molecule has 4 atom stereocenters. The molecule has 2 heterocycles. The maximum atomic E-state index is 12.7. The standard InChI is InChI=1S/C24H33NO7/c1-16-21(32-23(29)18-15-25-19-11-8-7-10-17(18)19)14-20(26)24(31-16)30-13-9-5-3-2-4-6-12-22(27)28/h7-8,10-11,15-16,20-21,24-26H,2-6,9,12-14H2,1H3,(H,27,28)/t16-,20+,21+,24+/m0/s1. The molecule has 0 radical (unpaired) electrons. The number of nitrogens with one attached hydrogen (secondary N) is 1. The highest BCUT2D eigenvalue weighted by Crippen LogP contribution is 2.26. The number of carboxylic acids is 1. The van der Waals surface area contributed by atoms with E-state index in [2.05, 4.69) is 4.98 Å². The molecule has 32 heavy (non-hydrogen) atoms. The van der Waals surface area contributed by atoms with Gasteiger partial charge in [0.1, 0.15) is 12.2 Å². The van der Waals surface area contributed by atoms with E-state index in [4.69, 9.17) is 19.3 Å². The van der Waals surface area contributed by atoms with E-state index in [1.165, 1.54) is 0 Å². The van der Waals surface area contributed by atoms with Crippen LogP contribution < -0.4 is 0 Å². The van der Waals surface area contributed by atoms with Crippen molar-refractivity contribution in [3.05, 3.63) is 36.0 Å². The van der Waals surface area contributed by atoms with Crippen LogP contribution in [0.25, 0.3) is 10.9 Å². The van der Waals surface area contributed by atoms with E-state index >= 15 is 0 Å². The number of rotatable bonds is 12. The number of H-pyrrole nitrogens is 1. The lowest BCUT2D eigenvalue weighted by atomic mass is 10.0. The summed E-state index contributed by atoms with van der Waals surface area (Å²) in [4.78, 5) is 26.2. The lowest BCUT2D eigenvalue weighted by Crippen LogP contribution is -2.48. The second-order valence-electron chi connectivity index (χ2n) is 8.34. The number of carbonyl (C=O) groups excluding carboxylic acids is 1. The molecule has 3 N–H and O–H groups in total. The molecule has 0 amide bonds.